The van der Waals surface area contributed by atoms with E-state index in [-0.39, 0.29) is 5.91 Å². The molecular formula is C17H18BrN3O2. The van der Waals surface area contributed by atoms with E-state index in [1.807, 2.05) is 30.0 Å². The van der Waals surface area contributed by atoms with Crippen LogP contribution in [-0.4, -0.2) is 42.1 Å². The fourth-order valence-electron chi connectivity index (χ4n) is 2.45. The Bertz CT molecular complexity index is 715. The third kappa shape index (κ3) is 3.89. The Hall–Kier alpha value is -1.92. The monoisotopic (exact) mass is 375 g/mol. The summed E-state index contributed by atoms with van der Waals surface area (Å²) in [6.45, 7) is 4.49. The van der Waals surface area contributed by atoms with Gasteiger partial charge < -0.3 is 15.0 Å². The number of hydrogen-bond donors (Lipinski definition) is 1. The number of ether oxygens (including phenoxy) is 1. The molecule has 6 heteroatoms. The molecule has 1 amide bonds. The maximum Gasteiger partial charge on any atom is 0.254 e. The molecule has 1 aliphatic heterocycles. The molecule has 120 valence electrons. The van der Waals surface area contributed by atoms with Crippen LogP contribution in [0.5, 0.6) is 0 Å². The van der Waals surface area contributed by atoms with Gasteiger partial charge in [-0.05, 0) is 42.8 Å². The molecule has 0 spiro atoms. The van der Waals surface area contributed by atoms with Crippen LogP contribution in [0, 0.1) is 6.92 Å². The molecule has 0 radical (unpaired) electrons. The average molecular weight is 376 g/mol. The van der Waals surface area contributed by atoms with Gasteiger partial charge in [-0.15, -0.1) is 0 Å². The summed E-state index contributed by atoms with van der Waals surface area (Å²) in [5.74, 6) is 0.677. The third-order valence-electron chi connectivity index (χ3n) is 3.74. The predicted octanol–water partition coefficient (Wildman–Crippen LogP) is 3.37. The first-order chi connectivity index (χ1) is 11.1. The summed E-state index contributed by atoms with van der Waals surface area (Å²) in [4.78, 5) is 18.6. The van der Waals surface area contributed by atoms with E-state index in [9.17, 15) is 4.79 Å². The molecule has 1 aromatic carbocycles. The zero-order chi connectivity index (χ0) is 16.2. The number of aromatic nitrogens is 1. The number of carbonyl (C=O) groups is 1. The SMILES string of the molecule is Cc1cc(Nc2cc(C(=O)N3CCOCC3)ccn2)ccc1Br. The topological polar surface area (TPSA) is 54.5 Å². The summed E-state index contributed by atoms with van der Waals surface area (Å²) < 4.78 is 6.35. The van der Waals surface area contributed by atoms with Crippen LogP contribution in [-0.2, 0) is 4.74 Å². The van der Waals surface area contributed by atoms with E-state index in [4.69, 9.17) is 4.74 Å². The fourth-order valence-corrected chi connectivity index (χ4v) is 2.70. The van der Waals surface area contributed by atoms with Gasteiger partial charge in [0.2, 0.25) is 0 Å². The normalized spacial score (nSPS) is 14.6. The van der Waals surface area contributed by atoms with Crippen LogP contribution in [0.25, 0.3) is 0 Å². The first kappa shape index (κ1) is 16.0. The number of nitrogens with zero attached hydrogens (tertiary/aromatic N) is 2. The maximum atomic E-state index is 12.5. The standard InChI is InChI=1S/C17H18BrN3O2/c1-12-10-14(2-3-15(12)18)20-16-11-13(4-5-19-16)17(22)21-6-8-23-9-7-21/h2-5,10-11H,6-9H2,1H3,(H,19,20). The molecule has 0 aliphatic carbocycles. The van der Waals surface area contributed by atoms with Crippen molar-refractivity contribution in [2.45, 2.75) is 6.92 Å². The summed E-state index contributed by atoms with van der Waals surface area (Å²) in [5, 5.41) is 3.24. The van der Waals surface area contributed by atoms with Crippen LogP contribution in [0.3, 0.4) is 0 Å². The second-order valence-corrected chi connectivity index (χ2v) is 6.28. The number of amides is 1. The van der Waals surface area contributed by atoms with E-state index in [1.165, 1.54) is 0 Å². The van der Waals surface area contributed by atoms with Crippen LogP contribution >= 0.6 is 15.9 Å². The summed E-state index contributed by atoms with van der Waals surface area (Å²) >= 11 is 3.49. The van der Waals surface area contributed by atoms with Crippen molar-refractivity contribution in [2.24, 2.45) is 0 Å². The highest BCUT2D eigenvalue weighted by molar-refractivity contribution is 9.10. The van der Waals surface area contributed by atoms with Gasteiger partial charge in [0.15, 0.2) is 0 Å². The van der Waals surface area contributed by atoms with Gasteiger partial charge in [0.1, 0.15) is 5.82 Å². The van der Waals surface area contributed by atoms with Crippen molar-refractivity contribution < 1.29 is 9.53 Å². The Kier molecular flexibility index (Phi) is 4.93. The maximum absolute atomic E-state index is 12.5. The van der Waals surface area contributed by atoms with Gasteiger partial charge in [0, 0.05) is 35.0 Å². The molecule has 0 bridgehead atoms. The van der Waals surface area contributed by atoms with E-state index >= 15 is 0 Å². The van der Waals surface area contributed by atoms with Crippen LogP contribution in [0.2, 0.25) is 0 Å². The fraction of sp³-hybridized carbons (Fsp3) is 0.294. The van der Waals surface area contributed by atoms with E-state index in [2.05, 4.69) is 26.2 Å². The largest absolute Gasteiger partial charge is 0.378 e. The second-order valence-electron chi connectivity index (χ2n) is 5.42. The number of morpholine rings is 1. The highest BCUT2D eigenvalue weighted by Gasteiger charge is 2.18. The van der Waals surface area contributed by atoms with E-state index in [0.29, 0.717) is 37.7 Å². The number of nitrogens with one attached hydrogen (secondary N) is 1. The predicted molar refractivity (Wildman–Crippen MR) is 93.1 cm³/mol. The number of anilines is 2. The number of hydrogen-bond acceptors (Lipinski definition) is 4. The van der Waals surface area contributed by atoms with Gasteiger partial charge in [-0.25, -0.2) is 4.98 Å². The molecule has 5 nitrogen and oxygen atoms in total. The van der Waals surface area contributed by atoms with Gasteiger partial charge in [0.25, 0.3) is 5.91 Å². The van der Waals surface area contributed by atoms with Crippen molar-refractivity contribution in [1.29, 1.82) is 0 Å². The molecular weight excluding hydrogens is 358 g/mol. The summed E-state index contributed by atoms with van der Waals surface area (Å²) in [7, 11) is 0. The zero-order valence-corrected chi connectivity index (χ0v) is 14.5. The molecule has 3 rings (SSSR count). The second kappa shape index (κ2) is 7.10. The van der Waals surface area contributed by atoms with Crippen LogP contribution < -0.4 is 5.32 Å². The zero-order valence-electron chi connectivity index (χ0n) is 12.9. The Labute approximate surface area is 143 Å². The Morgan fingerprint density at radius 3 is 2.78 bits per heavy atom. The summed E-state index contributed by atoms with van der Waals surface area (Å²) in [5.41, 5.74) is 2.71. The lowest BCUT2D eigenvalue weighted by Gasteiger charge is -2.26. The van der Waals surface area contributed by atoms with Crippen molar-refractivity contribution in [1.82, 2.24) is 9.88 Å². The van der Waals surface area contributed by atoms with Gasteiger partial charge >= 0.3 is 0 Å². The quantitative estimate of drug-likeness (QED) is 0.893. The van der Waals surface area contributed by atoms with Crippen molar-refractivity contribution in [3.63, 3.8) is 0 Å². The van der Waals surface area contributed by atoms with E-state index < -0.39 is 0 Å². The van der Waals surface area contributed by atoms with Crippen LogP contribution in [0.15, 0.2) is 41.0 Å². The van der Waals surface area contributed by atoms with Crippen molar-refractivity contribution in [3.8, 4) is 0 Å². The minimum Gasteiger partial charge on any atom is -0.378 e. The number of carbonyl (C=O) groups excluding carboxylic acids is 1. The highest BCUT2D eigenvalue weighted by Crippen LogP contribution is 2.22. The van der Waals surface area contributed by atoms with Crippen LogP contribution in [0.4, 0.5) is 11.5 Å². The van der Waals surface area contributed by atoms with Gasteiger partial charge in [-0.1, -0.05) is 15.9 Å². The molecule has 1 aliphatic rings. The molecule has 0 unspecified atom stereocenters. The van der Waals surface area contributed by atoms with Crippen molar-refractivity contribution >= 4 is 33.3 Å². The van der Waals surface area contributed by atoms with Gasteiger partial charge in [0.05, 0.1) is 13.2 Å². The lowest BCUT2D eigenvalue weighted by Crippen LogP contribution is -2.40. The lowest BCUT2D eigenvalue weighted by atomic mass is 10.2. The van der Waals surface area contributed by atoms with Crippen molar-refractivity contribution in [2.75, 3.05) is 31.6 Å². The van der Waals surface area contributed by atoms with Gasteiger partial charge in [-0.3, -0.25) is 4.79 Å². The smallest absolute Gasteiger partial charge is 0.254 e. The van der Waals surface area contributed by atoms with E-state index in [0.717, 1.165) is 15.7 Å². The number of aryl methyl sites for hydroxylation is 1. The highest BCUT2D eigenvalue weighted by atomic mass is 79.9. The summed E-state index contributed by atoms with van der Waals surface area (Å²) in [6, 6.07) is 9.52. The number of benzene rings is 1. The minimum atomic E-state index is 0.0192. The molecule has 23 heavy (non-hydrogen) atoms. The summed E-state index contributed by atoms with van der Waals surface area (Å²) in [6.07, 6.45) is 1.65. The van der Waals surface area contributed by atoms with E-state index in [1.54, 1.807) is 18.3 Å². The Morgan fingerprint density at radius 2 is 2.04 bits per heavy atom. The molecule has 2 heterocycles. The number of halogens is 1. The molecule has 1 aromatic heterocycles. The average Bonchev–Trinajstić information content (AvgIpc) is 2.58. The van der Waals surface area contributed by atoms with Crippen LogP contribution in [0.1, 0.15) is 15.9 Å². The minimum absolute atomic E-state index is 0.0192. The van der Waals surface area contributed by atoms with Gasteiger partial charge in [-0.2, -0.15) is 0 Å². The molecule has 1 saturated heterocycles. The molecule has 1 fully saturated rings. The molecule has 0 atom stereocenters. The third-order valence-corrected chi connectivity index (χ3v) is 4.63. The van der Waals surface area contributed by atoms with Crippen molar-refractivity contribution in [3.05, 3.63) is 52.1 Å². The Balaban J connectivity index is 1.76. The Morgan fingerprint density at radius 1 is 1.26 bits per heavy atom. The first-order valence-electron chi connectivity index (χ1n) is 7.50. The lowest BCUT2D eigenvalue weighted by molar-refractivity contribution is 0.0303. The number of pyridine rings is 1. The molecule has 2 aromatic rings. The molecule has 0 saturated carbocycles. The number of rotatable bonds is 3. The molecule has 1 N–H and O–H groups in total. The first-order valence-corrected chi connectivity index (χ1v) is 8.29.